The molecule has 0 aliphatic heterocycles. The number of pyridine rings is 1. The maximum absolute atomic E-state index is 3.91. The average Bonchev–Trinajstić information content (AvgIpc) is 1.77. The number of hydrogen-bond acceptors (Lipinski definition) is 1. The van der Waals surface area contributed by atoms with Crippen LogP contribution in [0.25, 0.3) is 0 Å². The van der Waals surface area contributed by atoms with E-state index in [2.05, 4.69) is 11.9 Å². The van der Waals surface area contributed by atoms with Crippen LogP contribution in [-0.2, 0) is 0 Å². The molecule has 0 aliphatic rings. The first-order valence-corrected chi connectivity index (χ1v) is 2.53. The summed E-state index contributed by atoms with van der Waals surface area (Å²) in [7, 11) is 0. The van der Waals surface area contributed by atoms with E-state index in [1.165, 1.54) is 0 Å². The molecule has 0 aliphatic carbocycles. The van der Waals surface area contributed by atoms with Crippen LogP contribution in [0.5, 0.6) is 0 Å². The van der Waals surface area contributed by atoms with Gasteiger partial charge in [0, 0.05) is 0 Å². The van der Waals surface area contributed by atoms with Gasteiger partial charge in [0.15, 0.2) is 0 Å². The van der Waals surface area contributed by atoms with E-state index in [0.717, 1.165) is 11.1 Å². The first-order chi connectivity index (χ1) is 3.80. The molecule has 0 saturated heterocycles. The van der Waals surface area contributed by atoms with E-state index in [-0.39, 0.29) is 18.9 Å². The molecule has 0 bridgehead atoms. The fraction of sp³-hybridized carbons (Fsp3) is 0.143. The summed E-state index contributed by atoms with van der Waals surface area (Å²) in [5, 5.41) is 0. The van der Waals surface area contributed by atoms with Crippen molar-refractivity contribution in [3.63, 3.8) is 0 Å². The van der Waals surface area contributed by atoms with E-state index in [1.54, 1.807) is 6.20 Å². The zero-order valence-corrected chi connectivity index (χ0v) is 5.89. The van der Waals surface area contributed by atoms with E-state index >= 15 is 0 Å². The van der Waals surface area contributed by atoms with E-state index in [0.29, 0.717) is 0 Å². The van der Waals surface area contributed by atoms with Crippen molar-refractivity contribution in [3.8, 4) is 0 Å². The van der Waals surface area contributed by atoms with Crippen LogP contribution in [0.3, 0.4) is 0 Å². The molecule has 0 unspecified atom stereocenters. The van der Waals surface area contributed by atoms with E-state index in [4.69, 9.17) is 0 Å². The number of aryl methyl sites for hydroxylation is 1. The number of nitrogens with zero attached hydrogens (tertiary/aromatic N) is 1. The minimum absolute atomic E-state index is 0. The second kappa shape index (κ2) is 3.61. The van der Waals surface area contributed by atoms with Gasteiger partial charge in [0.25, 0.3) is 0 Å². The Morgan fingerprint density at radius 2 is 2.22 bits per heavy atom. The zero-order chi connectivity index (χ0) is 5.98. The smallest absolute Gasteiger partial charge is 0.291 e. The normalized spacial score (nSPS) is 8.11. The summed E-state index contributed by atoms with van der Waals surface area (Å²) in [5.74, 6) is 0. The standard InChI is InChI=1S/C7H8N.Li/c1-6-3-4-8-5-7(6)2;/h3-5H,1H2,2H3;/q-1;+1. The van der Waals surface area contributed by atoms with Gasteiger partial charge in [-0.1, -0.05) is 6.92 Å². The summed E-state index contributed by atoms with van der Waals surface area (Å²) in [6, 6.07) is 1.90. The predicted octanol–water partition coefficient (Wildman–Crippen LogP) is -1.42. The first-order valence-electron chi connectivity index (χ1n) is 2.53. The van der Waals surface area contributed by atoms with E-state index in [1.807, 2.05) is 19.2 Å². The quantitative estimate of drug-likeness (QED) is 0.297. The minimum atomic E-state index is 0. The molecule has 0 atom stereocenters. The summed E-state index contributed by atoms with van der Waals surface area (Å²) in [6.07, 6.45) is 3.55. The molecule has 1 nitrogen and oxygen atoms in total. The van der Waals surface area contributed by atoms with Gasteiger partial charge in [-0.05, 0) is 12.4 Å². The first kappa shape index (κ1) is 8.62. The van der Waals surface area contributed by atoms with Crippen LogP contribution in [0, 0.1) is 13.8 Å². The molecule has 1 heterocycles. The molecular formula is C7H8LiN. The Bertz CT molecular complexity index is 165. The van der Waals surface area contributed by atoms with Gasteiger partial charge in [0.1, 0.15) is 0 Å². The van der Waals surface area contributed by atoms with Crippen molar-refractivity contribution >= 4 is 0 Å². The Balaban J connectivity index is 0.000000640. The van der Waals surface area contributed by atoms with Gasteiger partial charge in [-0.25, -0.2) is 0 Å². The topological polar surface area (TPSA) is 12.9 Å². The number of rotatable bonds is 0. The fourth-order valence-corrected chi connectivity index (χ4v) is 0.502. The van der Waals surface area contributed by atoms with Gasteiger partial charge in [0.2, 0.25) is 0 Å². The van der Waals surface area contributed by atoms with Crippen LogP contribution in [0.4, 0.5) is 0 Å². The molecule has 0 saturated carbocycles. The van der Waals surface area contributed by atoms with Crippen molar-refractivity contribution in [2.45, 2.75) is 6.92 Å². The summed E-state index contributed by atoms with van der Waals surface area (Å²) in [6.45, 7) is 5.78. The molecule has 1 aromatic heterocycles. The van der Waals surface area contributed by atoms with Crippen LogP contribution in [0.2, 0.25) is 0 Å². The predicted molar refractivity (Wildman–Crippen MR) is 33.4 cm³/mol. The third-order valence-electron chi connectivity index (χ3n) is 1.14. The second-order valence-corrected chi connectivity index (χ2v) is 1.80. The Labute approximate surface area is 67.7 Å². The van der Waals surface area contributed by atoms with Gasteiger partial charge >= 0.3 is 18.9 Å². The molecule has 9 heavy (non-hydrogen) atoms. The molecule has 0 N–H and O–H groups in total. The largest absolute Gasteiger partial charge is 1.00 e. The maximum atomic E-state index is 3.91. The van der Waals surface area contributed by atoms with Crippen LogP contribution < -0.4 is 18.9 Å². The molecule has 0 aromatic carbocycles. The number of hydrogen-bond donors (Lipinski definition) is 0. The summed E-state index contributed by atoms with van der Waals surface area (Å²) in [5.41, 5.74) is 2.20. The SMILES string of the molecule is [CH2-]c1ccncc1C.[Li+]. The maximum Gasteiger partial charge on any atom is 1.00 e. The summed E-state index contributed by atoms with van der Waals surface area (Å²) < 4.78 is 0. The molecule has 0 fully saturated rings. The van der Waals surface area contributed by atoms with Gasteiger partial charge in [0.05, 0.1) is 0 Å². The molecule has 2 heteroatoms. The van der Waals surface area contributed by atoms with Gasteiger partial charge in [-0.3, -0.25) is 4.98 Å². The summed E-state index contributed by atoms with van der Waals surface area (Å²) >= 11 is 0. The monoisotopic (exact) mass is 113 g/mol. The molecule has 1 rings (SSSR count). The fourth-order valence-electron chi connectivity index (χ4n) is 0.502. The molecule has 0 radical (unpaired) electrons. The van der Waals surface area contributed by atoms with Crippen molar-refractivity contribution < 1.29 is 18.9 Å². The van der Waals surface area contributed by atoms with Crippen LogP contribution in [0.1, 0.15) is 11.1 Å². The van der Waals surface area contributed by atoms with Crippen molar-refractivity contribution in [1.82, 2.24) is 4.98 Å². The Kier molecular flexibility index (Phi) is 3.45. The number of aromatic nitrogens is 1. The minimum Gasteiger partial charge on any atom is -0.291 e. The van der Waals surface area contributed by atoms with Crippen LogP contribution in [-0.4, -0.2) is 4.98 Å². The van der Waals surface area contributed by atoms with Crippen molar-refractivity contribution in [2.75, 3.05) is 0 Å². The Hall–Kier alpha value is -0.383. The van der Waals surface area contributed by atoms with Gasteiger partial charge in [-0.2, -0.15) is 12.5 Å². The molecule has 0 spiro atoms. The van der Waals surface area contributed by atoms with Crippen molar-refractivity contribution in [2.24, 2.45) is 0 Å². The Morgan fingerprint density at radius 3 is 2.56 bits per heavy atom. The summed E-state index contributed by atoms with van der Waals surface area (Å²) in [4.78, 5) is 3.91. The van der Waals surface area contributed by atoms with Gasteiger partial charge < -0.3 is 0 Å². The third-order valence-corrected chi connectivity index (χ3v) is 1.14. The van der Waals surface area contributed by atoms with Gasteiger partial charge in [-0.15, -0.1) is 11.6 Å². The van der Waals surface area contributed by atoms with E-state index < -0.39 is 0 Å². The molecule has 1 aromatic rings. The van der Waals surface area contributed by atoms with Crippen LogP contribution >= 0.6 is 0 Å². The van der Waals surface area contributed by atoms with Crippen molar-refractivity contribution in [3.05, 3.63) is 36.5 Å². The molecule has 42 valence electrons. The zero-order valence-electron chi connectivity index (χ0n) is 5.89. The Morgan fingerprint density at radius 1 is 1.56 bits per heavy atom. The van der Waals surface area contributed by atoms with Crippen molar-refractivity contribution in [1.29, 1.82) is 0 Å². The second-order valence-electron chi connectivity index (χ2n) is 1.80. The molecule has 0 amide bonds. The van der Waals surface area contributed by atoms with E-state index in [9.17, 15) is 0 Å². The van der Waals surface area contributed by atoms with Crippen LogP contribution in [0.15, 0.2) is 18.5 Å². The average molecular weight is 113 g/mol. The third kappa shape index (κ3) is 2.13. The molecular weight excluding hydrogens is 105 g/mol.